The van der Waals surface area contributed by atoms with Crippen LogP contribution >= 0.6 is 0 Å². The molecule has 1 aliphatic rings. The molecule has 0 aromatic carbocycles. The highest BCUT2D eigenvalue weighted by Gasteiger charge is 2.32. The number of H-pyrrole nitrogens is 1. The Morgan fingerprint density at radius 2 is 2.35 bits per heavy atom. The quantitative estimate of drug-likeness (QED) is 0.655. The monoisotopic (exact) mass is 238 g/mol. The van der Waals surface area contributed by atoms with E-state index in [-0.39, 0.29) is 11.7 Å². The number of likely N-dealkylation sites (tertiary alicyclic amines) is 1. The number of hydrogen-bond donors (Lipinski definition) is 3. The Labute approximate surface area is 99.8 Å². The van der Waals surface area contributed by atoms with Gasteiger partial charge in [-0.25, -0.2) is 0 Å². The molecule has 0 spiro atoms. The number of aliphatic hydroxyl groups is 1. The number of rotatable bonds is 1. The maximum atomic E-state index is 12.3. The van der Waals surface area contributed by atoms with Gasteiger partial charge in [-0.2, -0.15) is 5.10 Å². The molecule has 1 aromatic rings. The van der Waals surface area contributed by atoms with Gasteiger partial charge in [0, 0.05) is 18.8 Å². The first-order valence-corrected chi connectivity index (χ1v) is 5.73. The zero-order valence-electron chi connectivity index (χ0n) is 10.2. The highest BCUT2D eigenvalue weighted by atomic mass is 16.3. The predicted molar refractivity (Wildman–Crippen MR) is 63.5 cm³/mol. The summed E-state index contributed by atoms with van der Waals surface area (Å²) in [4.78, 5) is 13.9. The minimum Gasteiger partial charge on any atom is -0.388 e. The van der Waals surface area contributed by atoms with Gasteiger partial charge in [0.15, 0.2) is 5.82 Å². The number of aromatic nitrogens is 2. The molecule has 94 valence electrons. The molecule has 2 heterocycles. The molecule has 0 aliphatic carbocycles. The van der Waals surface area contributed by atoms with Crippen LogP contribution in [-0.2, 0) is 0 Å². The smallest absolute Gasteiger partial charge is 0.259 e. The van der Waals surface area contributed by atoms with Crippen LogP contribution < -0.4 is 5.73 Å². The number of aryl methyl sites for hydroxylation is 1. The van der Waals surface area contributed by atoms with Gasteiger partial charge in [-0.05, 0) is 26.7 Å². The predicted octanol–water partition coefficient (Wildman–Crippen LogP) is 0.287. The fourth-order valence-electron chi connectivity index (χ4n) is 2.27. The van der Waals surface area contributed by atoms with Gasteiger partial charge >= 0.3 is 0 Å². The second-order valence-corrected chi connectivity index (χ2v) is 4.94. The van der Waals surface area contributed by atoms with Crippen LogP contribution in [0.2, 0.25) is 0 Å². The van der Waals surface area contributed by atoms with Gasteiger partial charge in [-0.3, -0.25) is 9.89 Å². The summed E-state index contributed by atoms with van der Waals surface area (Å²) in [5.41, 5.74) is 5.94. The van der Waals surface area contributed by atoms with Crippen molar-refractivity contribution in [2.24, 2.45) is 0 Å². The van der Waals surface area contributed by atoms with Crippen molar-refractivity contribution < 1.29 is 9.90 Å². The number of nitrogen functional groups attached to an aromatic ring is 1. The van der Waals surface area contributed by atoms with Crippen LogP contribution in [0.5, 0.6) is 0 Å². The normalized spacial score (nSPS) is 25.0. The molecule has 0 bridgehead atoms. The summed E-state index contributed by atoms with van der Waals surface area (Å²) in [5, 5.41) is 16.5. The van der Waals surface area contributed by atoms with Crippen LogP contribution in [0.4, 0.5) is 5.82 Å². The van der Waals surface area contributed by atoms with Crippen LogP contribution in [0.25, 0.3) is 0 Å². The van der Waals surface area contributed by atoms with Crippen molar-refractivity contribution in [1.82, 2.24) is 15.1 Å². The summed E-state index contributed by atoms with van der Waals surface area (Å²) in [6.07, 6.45) is 1.52. The molecule has 4 N–H and O–H groups in total. The lowest BCUT2D eigenvalue weighted by Gasteiger charge is -2.36. The molecule has 6 heteroatoms. The van der Waals surface area contributed by atoms with Gasteiger partial charge in [0.2, 0.25) is 0 Å². The van der Waals surface area contributed by atoms with Gasteiger partial charge in [-0.15, -0.1) is 0 Å². The molecule has 0 saturated carbocycles. The van der Waals surface area contributed by atoms with E-state index < -0.39 is 5.60 Å². The van der Waals surface area contributed by atoms with Crippen molar-refractivity contribution in [1.29, 1.82) is 0 Å². The third-order valence-corrected chi connectivity index (χ3v) is 3.15. The number of nitrogens with zero attached hydrogens (tertiary/aromatic N) is 2. The second-order valence-electron chi connectivity index (χ2n) is 4.94. The number of carbonyl (C=O) groups excluding carboxylic acids is 1. The lowest BCUT2D eigenvalue weighted by atomic mass is 9.94. The minimum absolute atomic E-state index is 0.159. The summed E-state index contributed by atoms with van der Waals surface area (Å²) in [6, 6.07) is 0. The van der Waals surface area contributed by atoms with Crippen molar-refractivity contribution in [2.75, 3.05) is 18.8 Å². The van der Waals surface area contributed by atoms with Crippen molar-refractivity contribution in [2.45, 2.75) is 32.3 Å². The topological polar surface area (TPSA) is 95.2 Å². The molecule has 2 rings (SSSR count). The van der Waals surface area contributed by atoms with Crippen LogP contribution in [-0.4, -0.2) is 44.8 Å². The molecule has 1 saturated heterocycles. The van der Waals surface area contributed by atoms with Gasteiger partial charge in [0.1, 0.15) is 5.56 Å². The average molecular weight is 238 g/mol. The Balaban J connectivity index is 2.21. The molecule has 17 heavy (non-hydrogen) atoms. The Hall–Kier alpha value is -1.56. The van der Waals surface area contributed by atoms with Gasteiger partial charge < -0.3 is 15.7 Å². The number of carbonyl (C=O) groups is 1. The number of β-amino-alcohol motifs (C(OH)–C–C–N with tert-alkyl or cyclic N) is 1. The first kappa shape index (κ1) is 11.9. The molecule has 1 aromatic heterocycles. The molecular weight excluding hydrogens is 220 g/mol. The van der Waals surface area contributed by atoms with Gasteiger partial charge in [-0.1, -0.05) is 0 Å². The third-order valence-electron chi connectivity index (χ3n) is 3.15. The molecule has 0 radical (unpaired) electrons. The van der Waals surface area contributed by atoms with Crippen LogP contribution in [0, 0.1) is 6.92 Å². The Kier molecular flexibility index (Phi) is 2.82. The molecule has 1 amide bonds. The zero-order valence-corrected chi connectivity index (χ0v) is 10.2. The van der Waals surface area contributed by atoms with Crippen molar-refractivity contribution >= 4 is 11.7 Å². The van der Waals surface area contributed by atoms with E-state index >= 15 is 0 Å². The molecule has 1 aliphatic heterocycles. The van der Waals surface area contributed by atoms with E-state index in [0.29, 0.717) is 24.3 Å². The summed E-state index contributed by atoms with van der Waals surface area (Å²) < 4.78 is 0. The average Bonchev–Trinajstić information content (AvgIpc) is 2.56. The third kappa shape index (κ3) is 2.26. The highest BCUT2D eigenvalue weighted by molar-refractivity contribution is 5.99. The van der Waals surface area contributed by atoms with Crippen LogP contribution in [0.3, 0.4) is 0 Å². The number of anilines is 1. The van der Waals surface area contributed by atoms with Crippen molar-refractivity contribution in [3.8, 4) is 0 Å². The number of hydrogen-bond acceptors (Lipinski definition) is 4. The first-order valence-electron chi connectivity index (χ1n) is 5.73. The van der Waals surface area contributed by atoms with E-state index in [1.165, 1.54) is 0 Å². The maximum Gasteiger partial charge on any atom is 0.259 e. The van der Waals surface area contributed by atoms with E-state index in [9.17, 15) is 9.90 Å². The number of piperidine rings is 1. The van der Waals surface area contributed by atoms with Gasteiger partial charge in [0.25, 0.3) is 5.91 Å². The lowest BCUT2D eigenvalue weighted by molar-refractivity contribution is -0.0107. The fourth-order valence-corrected chi connectivity index (χ4v) is 2.27. The van der Waals surface area contributed by atoms with E-state index in [2.05, 4.69) is 10.2 Å². The summed E-state index contributed by atoms with van der Waals surface area (Å²) >= 11 is 0. The van der Waals surface area contributed by atoms with Crippen LogP contribution in [0.1, 0.15) is 35.8 Å². The standard InChI is InChI=1S/C11H18N4O2/c1-7-8(9(12)14-13-7)10(16)15-5-3-4-11(2,17)6-15/h17H,3-6H2,1-2H3,(H3,12,13,14). The van der Waals surface area contributed by atoms with Crippen LogP contribution in [0.15, 0.2) is 0 Å². The van der Waals surface area contributed by atoms with Crippen molar-refractivity contribution in [3.63, 3.8) is 0 Å². The molecular formula is C11H18N4O2. The van der Waals surface area contributed by atoms with E-state index in [0.717, 1.165) is 12.8 Å². The summed E-state index contributed by atoms with van der Waals surface area (Å²) in [5.74, 6) is 0.0615. The first-order chi connectivity index (χ1) is 7.91. The zero-order chi connectivity index (χ0) is 12.6. The highest BCUT2D eigenvalue weighted by Crippen LogP contribution is 2.23. The Morgan fingerprint density at radius 3 is 2.88 bits per heavy atom. The maximum absolute atomic E-state index is 12.3. The number of aromatic amines is 1. The molecule has 1 atom stereocenters. The Morgan fingerprint density at radius 1 is 1.65 bits per heavy atom. The summed E-state index contributed by atoms with van der Waals surface area (Å²) in [7, 11) is 0. The number of amides is 1. The largest absolute Gasteiger partial charge is 0.388 e. The SMILES string of the molecule is Cc1[nH]nc(N)c1C(=O)N1CCCC(C)(O)C1. The van der Waals surface area contributed by atoms with Crippen molar-refractivity contribution in [3.05, 3.63) is 11.3 Å². The Bertz CT molecular complexity index is 419. The summed E-state index contributed by atoms with van der Waals surface area (Å²) in [6.45, 7) is 4.51. The lowest BCUT2D eigenvalue weighted by Crippen LogP contribution is -2.48. The number of nitrogens with two attached hydrogens (primary N) is 1. The number of nitrogens with one attached hydrogen (secondary N) is 1. The minimum atomic E-state index is -0.805. The molecule has 6 nitrogen and oxygen atoms in total. The second kappa shape index (κ2) is 4.03. The molecule has 1 fully saturated rings. The van der Waals surface area contributed by atoms with Gasteiger partial charge in [0.05, 0.1) is 5.60 Å². The van der Waals surface area contributed by atoms with E-state index in [4.69, 9.17) is 5.73 Å². The molecule has 1 unspecified atom stereocenters. The van der Waals surface area contributed by atoms with E-state index in [1.807, 2.05) is 0 Å². The fraction of sp³-hybridized carbons (Fsp3) is 0.636. The van der Waals surface area contributed by atoms with E-state index in [1.54, 1.807) is 18.7 Å².